The molecule has 2 aliphatic heterocycles. The Morgan fingerprint density at radius 3 is 2.19 bits per heavy atom. The van der Waals surface area contributed by atoms with Gasteiger partial charge in [0.25, 0.3) is 0 Å². The third-order valence-electron chi connectivity index (χ3n) is 6.56. The van der Waals surface area contributed by atoms with E-state index in [-0.39, 0.29) is 17.7 Å². The zero-order valence-electron chi connectivity index (χ0n) is 16.0. The van der Waals surface area contributed by atoms with Crippen LogP contribution in [0.25, 0.3) is 0 Å². The number of halogens is 1. The van der Waals surface area contributed by atoms with Crippen molar-refractivity contribution in [2.24, 2.45) is 11.3 Å². The minimum atomic E-state index is -0.456. The van der Waals surface area contributed by atoms with Gasteiger partial charge in [0.15, 0.2) is 0 Å². The summed E-state index contributed by atoms with van der Waals surface area (Å²) in [6, 6.07) is 7.78. The summed E-state index contributed by atoms with van der Waals surface area (Å²) in [7, 11) is 0. The third-order valence-corrected chi connectivity index (χ3v) is 6.81. The maximum Gasteiger partial charge on any atom is 0.232 e. The van der Waals surface area contributed by atoms with Crippen LogP contribution < -0.4 is 0 Å². The second-order valence-corrected chi connectivity index (χ2v) is 9.05. The number of rotatable bonds is 4. The molecule has 0 aromatic heterocycles. The predicted octanol–water partition coefficient (Wildman–Crippen LogP) is 3.91. The van der Waals surface area contributed by atoms with Crippen molar-refractivity contribution in [3.63, 3.8) is 0 Å². The van der Waals surface area contributed by atoms with Gasteiger partial charge < -0.3 is 9.80 Å². The second kappa shape index (κ2) is 7.83. The fourth-order valence-electron chi connectivity index (χ4n) is 5.02. The lowest BCUT2D eigenvalue weighted by Crippen LogP contribution is -2.66. The molecule has 2 amide bonds. The van der Waals surface area contributed by atoms with Crippen LogP contribution in [0.4, 0.5) is 0 Å². The van der Waals surface area contributed by atoms with Crippen LogP contribution in [0.1, 0.15) is 50.5 Å². The molecule has 2 saturated heterocycles. The fourth-order valence-corrected chi connectivity index (χ4v) is 5.15. The van der Waals surface area contributed by atoms with E-state index in [9.17, 15) is 9.59 Å². The molecule has 2 heterocycles. The van der Waals surface area contributed by atoms with Gasteiger partial charge in [-0.2, -0.15) is 0 Å². The molecular weight excluding hydrogens is 360 g/mol. The summed E-state index contributed by atoms with van der Waals surface area (Å²) in [6.45, 7) is 2.86. The average Bonchev–Trinajstić information content (AvgIpc) is 3.20. The fraction of sp³-hybridized carbons (Fsp3) is 0.636. The molecule has 1 aromatic carbocycles. The van der Waals surface area contributed by atoms with Gasteiger partial charge in [0.1, 0.15) is 0 Å². The van der Waals surface area contributed by atoms with E-state index in [1.807, 2.05) is 34.1 Å². The first-order valence-corrected chi connectivity index (χ1v) is 10.8. The molecule has 0 bridgehead atoms. The van der Waals surface area contributed by atoms with E-state index in [0.717, 1.165) is 57.2 Å². The zero-order chi connectivity index (χ0) is 18.9. The maximum absolute atomic E-state index is 13.3. The quantitative estimate of drug-likeness (QED) is 0.784. The summed E-state index contributed by atoms with van der Waals surface area (Å²) in [5.41, 5.74) is 0.666. The predicted molar refractivity (Wildman–Crippen MR) is 107 cm³/mol. The van der Waals surface area contributed by atoms with Crippen LogP contribution in [0.2, 0.25) is 5.02 Å². The number of nitrogens with zero attached hydrogens (tertiary/aromatic N) is 2. The highest BCUT2D eigenvalue weighted by atomic mass is 35.5. The van der Waals surface area contributed by atoms with Crippen LogP contribution in [0.15, 0.2) is 24.3 Å². The number of carbonyl (C=O) groups excluding carboxylic acids is 2. The molecule has 0 N–H and O–H groups in total. The van der Waals surface area contributed by atoms with Gasteiger partial charge in [-0.1, -0.05) is 43.0 Å². The number of hydrogen-bond acceptors (Lipinski definition) is 2. The molecular formula is C22H29ClN2O2. The van der Waals surface area contributed by atoms with E-state index in [4.69, 9.17) is 11.6 Å². The minimum Gasteiger partial charge on any atom is -0.342 e. The number of likely N-dealkylation sites (tertiary alicyclic amines) is 2. The monoisotopic (exact) mass is 388 g/mol. The highest BCUT2D eigenvalue weighted by molar-refractivity contribution is 6.30. The Bertz CT molecular complexity index is 685. The molecule has 5 heteroatoms. The van der Waals surface area contributed by atoms with Crippen LogP contribution >= 0.6 is 11.6 Å². The molecule has 0 radical (unpaired) electrons. The molecule has 3 fully saturated rings. The SMILES string of the molecule is O=C(C1CCCCC1)N1CC(Cc2ccc(Cl)cc2)(C(=O)N2CCCC2)C1. The number of hydrogen-bond donors (Lipinski definition) is 0. The highest BCUT2D eigenvalue weighted by Crippen LogP contribution is 2.39. The molecule has 0 spiro atoms. The van der Waals surface area contributed by atoms with E-state index in [2.05, 4.69) is 0 Å². The summed E-state index contributed by atoms with van der Waals surface area (Å²) < 4.78 is 0. The van der Waals surface area contributed by atoms with Gasteiger partial charge in [-0.3, -0.25) is 9.59 Å². The number of carbonyl (C=O) groups is 2. The second-order valence-electron chi connectivity index (χ2n) is 8.61. The van der Waals surface area contributed by atoms with Crippen molar-refractivity contribution in [3.8, 4) is 0 Å². The van der Waals surface area contributed by atoms with Crippen LogP contribution in [0.5, 0.6) is 0 Å². The van der Waals surface area contributed by atoms with Gasteiger partial charge in [0.05, 0.1) is 5.41 Å². The Morgan fingerprint density at radius 1 is 0.926 bits per heavy atom. The van der Waals surface area contributed by atoms with Crippen molar-refractivity contribution < 1.29 is 9.59 Å². The van der Waals surface area contributed by atoms with E-state index < -0.39 is 5.41 Å². The van der Waals surface area contributed by atoms with Gasteiger partial charge in [-0.25, -0.2) is 0 Å². The standard InChI is InChI=1S/C22H29ClN2O2/c23-19-10-8-17(9-11-19)14-22(21(27)24-12-4-5-13-24)15-25(16-22)20(26)18-6-2-1-3-7-18/h8-11,18H,1-7,12-16H2. The summed E-state index contributed by atoms with van der Waals surface area (Å²) in [5, 5.41) is 0.710. The summed E-state index contributed by atoms with van der Waals surface area (Å²) in [4.78, 5) is 30.2. The van der Waals surface area contributed by atoms with E-state index in [1.165, 1.54) is 6.42 Å². The zero-order valence-corrected chi connectivity index (χ0v) is 16.7. The minimum absolute atomic E-state index is 0.175. The van der Waals surface area contributed by atoms with E-state index >= 15 is 0 Å². The van der Waals surface area contributed by atoms with Crippen LogP contribution in [0, 0.1) is 11.3 Å². The topological polar surface area (TPSA) is 40.6 Å². The van der Waals surface area contributed by atoms with Crippen molar-refractivity contribution in [2.45, 2.75) is 51.4 Å². The van der Waals surface area contributed by atoms with Gasteiger partial charge in [-0.15, -0.1) is 0 Å². The van der Waals surface area contributed by atoms with Crippen molar-refractivity contribution in [3.05, 3.63) is 34.9 Å². The van der Waals surface area contributed by atoms with Gasteiger partial charge in [0, 0.05) is 37.1 Å². The van der Waals surface area contributed by atoms with Crippen molar-refractivity contribution in [1.29, 1.82) is 0 Å². The number of amides is 2. The molecule has 146 valence electrons. The normalized spacial score (nSPS) is 22.6. The van der Waals surface area contributed by atoms with E-state index in [1.54, 1.807) is 0 Å². The molecule has 4 rings (SSSR count). The first kappa shape index (κ1) is 18.8. The van der Waals surface area contributed by atoms with Gasteiger partial charge >= 0.3 is 0 Å². The van der Waals surface area contributed by atoms with Crippen LogP contribution in [-0.2, 0) is 16.0 Å². The molecule has 27 heavy (non-hydrogen) atoms. The Morgan fingerprint density at radius 2 is 1.56 bits per heavy atom. The number of benzene rings is 1. The first-order valence-electron chi connectivity index (χ1n) is 10.4. The van der Waals surface area contributed by atoms with Gasteiger partial charge in [0.2, 0.25) is 11.8 Å². The summed E-state index contributed by atoms with van der Waals surface area (Å²) in [6.07, 6.45) is 8.46. The van der Waals surface area contributed by atoms with Crippen LogP contribution in [0.3, 0.4) is 0 Å². The van der Waals surface area contributed by atoms with Crippen molar-refractivity contribution in [2.75, 3.05) is 26.2 Å². The highest BCUT2D eigenvalue weighted by Gasteiger charge is 2.53. The molecule has 4 nitrogen and oxygen atoms in total. The maximum atomic E-state index is 13.3. The Balaban J connectivity index is 1.48. The lowest BCUT2D eigenvalue weighted by atomic mass is 9.72. The lowest BCUT2D eigenvalue weighted by molar-refractivity contribution is -0.162. The molecule has 3 aliphatic rings. The summed E-state index contributed by atoms with van der Waals surface area (Å²) >= 11 is 6.02. The molecule has 1 aliphatic carbocycles. The van der Waals surface area contributed by atoms with Gasteiger partial charge in [-0.05, 0) is 49.8 Å². The largest absolute Gasteiger partial charge is 0.342 e. The van der Waals surface area contributed by atoms with Crippen LogP contribution in [-0.4, -0.2) is 47.8 Å². The first-order chi connectivity index (χ1) is 13.1. The summed E-state index contributed by atoms with van der Waals surface area (Å²) in [5.74, 6) is 0.687. The Labute approximate surface area is 166 Å². The Hall–Kier alpha value is -1.55. The average molecular weight is 389 g/mol. The van der Waals surface area contributed by atoms with Crippen molar-refractivity contribution >= 4 is 23.4 Å². The lowest BCUT2D eigenvalue weighted by Gasteiger charge is -2.51. The molecule has 1 saturated carbocycles. The molecule has 1 aromatic rings. The molecule has 0 atom stereocenters. The van der Waals surface area contributed by atoms with Crippen molar-refractivity contribution in [1.82, 2.24) is 9.80 Å². The van der Waals surface area contributed by atoms with E-state index in [0.29, 0.717) is 24.5 Å². The third kappa shape index (κ3) is 3.87. The molecule has 0 unspecified atom stereocenters. The Kier molecular flexibility index (Phi) is 5.45. The smallest absolute Gasteiger partial charge is 0.232 e.